The van der Waals surface area contributed by atoms with Crippen molar-refractivity contribution in [3.05, 3.63) is 28.8 Å². The second kappa shape index (κ2) is 5.38. The van der Waals surface area contributed by atoms with Gasteiger partial charge in [-0.15, -0.1) is 10.2 Å². The summed E-state index contributed by atoms with van der Waals surface area (Å²) in [6.07, 6.45) is 5.86. The zero-order valence-electron chi connectivity index (χ0n) is 10.8. The number of aryl methyl sites for hydroxylation is 1. The third-order valence-corrected chi connectivity index (χ3v) is 3.94. The fourth-order valence-electron chi connectivity index (χ4n) is 2.60. The monoisotopic (exact) mass is 321 g/mol. The van der Waals surface area contributed by atoms with Crippen LogP contribution in [0.15, 0.2) is 22.9 Å². The molecule has 0 aliphatic carbocycles. The molecule has 0 aromatic carbocycles. The quantitative estimate of drug-likeness (QED) is 0.922. The number of piperidine rings is 1. The number of nitrogens with one attached hydrogen (secondary N) is 1. The molecule has 0 radical (unpaired) electrons. The molecule has 100 valence electrons. The van der Waals surface area contributed by atoms with Crippen LogP contribution in [0, 0.1) is 6.92 Å². The first-order valence-electron chi connectivity index (χ1n) is 6.49. The Morgan fingerprint density at radius 3 is 2.79 bits per heavy atom. The third kappa shape index (κ3) is 2.55. The molecule has 3 heterocycles. The predicted molar refractivity (Wildman–Crippen MR) is 76.8 cm³/mol. The lowest BCUT2D eigenvalue weighted by molar-refractivity contribution is 0.365. The standard InChI is InChI=1S/C13H16BrN5/c1-9-17-18-13(10-6-11(14)8-16-7-10)19(9)12-2-4-15-5-3-12/h6-8,12,15H,2-5H2,1H3. The minimum atomic E-state index is 0.477. The Labute approximate surface area is 120 Å². The molecule has 1 N–H and O–H groups in total. The van der Waals surface area contributed by atoms with Crippen molar-refractivity contribution in [1.82, 2.24) is 25.1 Å². The number of halogens is 1. The van der Waals surface area contributed by atoms with E-state index in [2.05, 4.69) is 41.0 Å². The second-order valence-electron chi connectivity index (χ2n) is 4.81. The largest absolute Gasteiger partial charge is 0.317 e. The molecule has 6 heteroatoms. The van der Waals surface area contributed by atoms with E-state index >= 15 is 0 Å². The van der Waals surface area contributed by atoms with Crippen molar-refractivity contribution < 1.29 is 0 Å². The molecule has 2 aromatic heterocycles. The maximum absolute atomic E-state index is 4.33. The molecule has 0 spiro atoms. The summed E-state index contributed by atoms with van der Waals surface area (Å²) in [6.45, 7) is 4.13. The Morgan fingerprint density at radius 2 is 2.05 bits per heavy atom. The van der Waals surface area contributed by atoms with Gasteiger partial charge in [0.15, 0.2) is 5.82 Å². The van der Waals surface area contributed by atoms with Crippen molar-refractivity contribution in [2.45, 2.75) is 25.8 Å². The van der Waals surface area contributed by atoms with Gasteiger partial charge in [0, 0.05) is 28.5 Å². The zero-order valence-corrected chi connectivity index (χ0v) is 12.4. The summed E-state index contributed by atoms with van der Waals surface area (Å²) in [5.41, 5.74) is 1.01. The average molecular weight is 322 g/mol. The summed E-state index contributed by atoms with van der Waals surface area (Å²) in [7, 11) is 0. The van der Waals surface area contributed by atoms with E-state index in [4.69, 9.17) is 0 Å². The minimum absolute atomic E-state index is 0.477. The predicted octanol–water partition coefficient (Wildman–Crippen LogP) is 2.34. The van der Waals surface area contributed by atoms with E-state index < -0.39 is 0 Å². The van der Waals surface area contributed by atoms with Crippen LogP contribution < -0.4 is 5.32 Å². The molecule has 3 rings (SSSR count). The van der Waals surface area contributed by atoms with Gasteiger partial charge in [-0.1, -0.05) is 0 Å². The molecule has 0 amide bonds. The summed E-state index contributed by atoms with van der Waals surface area (Å²) >= 11 is 3.46. The number of aromatic nitrogens is 4. The topological polar surface area (TPSA) is 55.6 Å². The molecule has 1 saturated heterocycles. The van der Waals surface area contributed by atoms with E-state index in [1.807, 2.05) is 19.2 Å². The first-order valence-corrected chi connectivity index (χ1v) is 7.28. The molecule has 1 fully saturated rings. The lowest BCUT2D eigenvalue weighted by Crippen LogP contribution is -2.30. The van der Waals surface area contributed by atoms with E-state index in [1.165, 1.54) is 0 Å². The molecule has 1 aliphatic rings. The molecule has 5 nitrogen and oxygen atoms in total. The Bertz CT molecular complexity index is 574. The lowest BCUT2D eigenvalue weighted by atomic mass is 10.1. The van der Waals surface area contributed by atoms with Crippen LogP contribution in [0.4, 0.5) is 0 Å². The van der Waals surface area contributed by atoms with Gasteiger partial charge in [-0.2, -0.15) is 0 Å². The van der Waals surface area contributed by atoms with E-state index in [1.54, 1.807) is 6.20 Å². The van der Waals surface area contributed by atoms with Crippen LogP contribution in [0.25, 0.3) is 11.4 Å². The van der Waals surface area contributed by atoms with Crippen molar-refractivity contribution in [2.75, 3.05) is 13.1 Å². The molecule has 0 saturated carbocycles. The molecule has 0 atom stereocenters. The van der Waals surface area contributed by atoms with E-state index in [-0.39, 0.29) is 0 Å². The van der Waals surface area contributed by atoms with Gasteiger partial charge < -0.3 is 9.88 Å². The fraction of sp³-hybridized carbons (Fsp3) is 0.462. The SMILES string of the molecule is Cc1nnc(-c2cncc(Br)c2)n1C1CCNCC1. The van der Waals surface area contributed by atoms with Gasteiger partial charge >= 0.3 is 0 Å². The van der Waals surface area contributed by atoms with Crippen LogP contribution in [0.5, 0.6) is 0 Å². The van der Waals surface area contributed by atoms with Gasteiger partial charge in [-0.25, -0.2) is 0 Å². The van der Waals surface area contributed by atoms with Crippen molar-refractivity contribution >= 4 is 15.9 Å². The molecule has 1 aliphatic heterocycles. The Balaban J connectivity index is 2.02. The molecular weight excluding hydrogens is 306 g/mol. The van der Waals surface area contributed by atoms with Gasteiger partial charge in [0.1, 0.15) is 5.82 Å². The van der Waals surface area contributed by atoms with Crippen molar-refractivity contribution in [3.8, 4) is 11.4 Å². The van der Waals surface area contributed by atoms with E-state index in [0.29, 0.717) is 6.04 Å². The average Bonchev–Trinajstić information content (AvgIpc) is 2.82. The summed E-state index contributed by atoms with van der Waals surface area (Å²) < 4.78 is 3.21. The summed E-state index contributed by atoms with van der Waals surface area (Å²) in [5.74, 6) is 1.89. The number of nitrogens with zero attached hydrogens (tertiary/aromatic N) is 4. The highest BCUT2D eigenvalue weighted by atomic mass is 79.9. The Kier molecular flexibility index (Phi) is 3.61. The number of pyridine rings is 1. The van der Waals surface area contributed by atoms with Gasteiger partial charge in [0.05, 0.1) is 0 Å². The molecular formula is C13H16BrN5. The normalized spacial score (nSPS) is 16.7. The zero-order chi connectivity index (χ0) is 13.2. The van der Waals surface area contributed by atoms with Crippen molar-refractivity contribution in [2.24, 2.45) is 0 Å². The number of rotatable bonds is 2. The van der Waals surface area contributed by atoms with Gasteiger partial charge in [-0.05, 0) is 54.9 Å². The highest BCUT2D eigenvalue weighted by molar-refractivity contribution is 9.10. The Morgan fingerprint density at radius 1 is 1.26 bits per heavy atom. The first-order chi connectivity index (χ1) is 9.25. The molecule has 0 unspecified atom stereocenters. The van der Waals surface area contributed by atoms with E-state index in [0.717, 1.165) is 47.6 Å². The highest BCUT2D eigenvalue weighted by Crippen LogP contribution is 2.28. The smallest absolute Gasteiger partial charge is 0.165 e. The maximum Gasteiger partial charge on any atom is 0.165 e. The van der Waals surface area contributed by atoms with Crippen molar-refractivity contribution in [1.29, 1.82) is 0 Å². The third-order valence-electron chi connectivity index (χ3n) is 3.50. The first kappa shape index (κ1) is 12.7. The maximum atomic E-state index is 4.33. The fourth-order valence-corrected chi connectivity index (χ4v) is 2.97. The van der Waals surface area contributed by atoms with Gasteiger partial charge in [0.25, 0.3) is 0 Å². The molecule has 19 heavy (non-hydrogen) atoms. The highest BCUT2D eigenvalue weighted by Gasteiger charge is 2.21. The van der Waals surface area contributed by atoms with Crippen LogP contribution in [-0.4, -0.2) is 32.8 Å². The van der Waals surface area contributed by atoms with Crippen LogP contribution in [-0.2, 0) is 0 Å². The summed E-state index contributed by atoms with van der Waals surface area (Å²) in [6, 6.07) is 2.51. The van der Waals surface area contributed by atoms with Crippen LogP contribution in [0.2, 0.25) is 0 Å². The van der Waals surface area contributed by atoms with Crippen molar-refractivity contribution in [3.63, 3.8) is 0 Å². The van der Waals surface area contributed by atoms with Crippen LogP contribution in [0.3, 0.4) is 0 Å². The number of hydrogen-bond acceptors (Lipinski definition) is 4. The van der Waals surface area contributed by atoms with Crippen LogP contribution >= 0.6 is 15.9 Å². The lowest BCUT2D eigenvalue weighted by Gasteiger charge is -2.26. The van der Waals surface area contributed by atoms with Crippen LogP contribution in [0.1, 0.15) is 24.7 Å². The molecule has 0 bridgehead atoms. The van der Waals surface area contributed by atoms with E-state index in [9.17, 15) is 0 Å². The Hall–Kier alpha value is -1.27. The second-order valence-corrected chi connectivity index (χ2v) is 5.73. The molecule has 2 aromatic rings. The van der Waals surface area contributed by atoms with Gasteiger partial charge in [-0.3, -0.25) is 4.98 Å². The minimum Gasteiger partial charge on any atom is -0.317 e. The summed E-state index contributed by atoms with van der Waals surface area (Å²) in [4.78, 5) is 4.22. The summed E-state index contributed by atoms with van der Waals surface area (Å²) in [5, 5.41) is 12.0. The number of hydrogen-bond donors (Lipinski definition) is 1. The van der Waals surface area contributed by atoms with Gasteiger partial charge in [0.2, 0.25) is 0 Å².